The van der Waals surface area contributed by atoms with E-state index >= 15 is 0 Å². The number of carbonyl (C=O) groups excluding carboxylic acids is 1. The van der Waals surface area contributed by atoms with E-state index in [9.17, 15) is 13.2 Å². The van der Waals surface area contributed by atoms with Crippen molar-refractivity contribution in [2.24, 2.45) is 5.14 Å². The number of aromatic nitrogens is 1. The van der Waals surface area contributed by atoms with Crippen LogP contribution in [-0.4, -0.2) is 18.8 Å². The normalized spacial score (nSPS) is 11.4. The first-order valence-electron chi connectivity index (χ1n) is 7.28. The summed E-state index contributed by atoms with van der Waals surface area (Å²) < 4.78 is 24.7. The monoisotopic (exact) mass is 340 g/mol. The van der Waals surface area contributed by atoms with E-state index in [0.717, 1.165) is 16.9 Å². The predicted molar refractivity (Wildman–Crippen MR) is 92.6 cm³/mol. The Morgan fingerprint density at radius 2 is 1.58 bits per heavy atom. The van der Waals surface area contributed by atoms with Crippen molar-refractivity contribution in [1.29, 1.82) is 0 Å². The lowest BCUT2D eigenvalue weighted by molar-refractivity contribution is 0.101. The van der Waals surface area contributed by atoms with Gasteiger partial charge >= 0.3 is 0 Å². The van der Waals surface area contributed by atoms with Gasteiger partial charge in [0, 0.05) is 17.4 Å². The van der Waals surface area contributed by atoms with Crippen LogP contribution in [0.15, 0.2) is 71.8 Å². The molecule has 1 heterocycles. The molecule has 0 saturated heterocycles. The van der Waals surface area contributed by atoms with E-state index in [1.54, 1.807) is 24.3 Å². The molecule has 0 unspecified atom stereocenters. The molecule has 3 rings (SSSR count). The Labute approximate surface area is 140 Å². The molecule has 0 radical (unpaired) electrons. The van der Waals surface area contributed by atoms with Crippen LogP contribution in [0.5, 0.6) is 0 Å². The summed E-state index contributed by atoms with van der Waals surface area (Å²) >= 11 is 0. The molecule has 0 amide bonds. The summed E-state index contributed by atoms with van der Waals surface area (Å²) in [5.74, 6) is 0.0212. The zero-order valence-electron chi connectivity index (χ0n) is 13.0. The molecule has 2 aromatic carbocycles. The van der Waals surface area contributed by atoms with Crippen molar-refractivity contribution in [1.82, 2.24) is 4.57 Å². The molecule has 0 saturated carbocycles. The van der Waals surface area contributed by atoms with Gasteiger partial charge < -0.3 is 4.57 Å². The maximum absolute atomic E-state index is 11.4. The summed E-state index contributed by atoms with van der Waals surface area (Å²) in [6.07, 6.45) is 1.91. The van der Waals surface area contributed by atoms with Gasteiger partial charge in [0.1, 0.15) is 0 Å². The third-order valence-corrected chi connectivity index (χ3v) is 4.71. The Balaban J connectivity index is 2.00. The third kappa shape index (κ3) is 3.15. The van der Waals surface area contributed by atoms with Crippen LogP contribution in [0.25, 0.3) is 16.9 Å². The van der Waals surface area contributed by atoms with Crippen molar-refractivity contribution in [3.8, 4) is 16.9 Å². The maximum atomic E-state index is 11.4. The van der Waals surface area contributed by atoms with E-state index in [1.807, 2.05) is 35.0 Å². The number of nitrogens with zero attached hydrogens (tertiary/aromatic N) is 1. The molecule has 0 aliphatic carbocycles. The molecule has 5 nitrogen and oxygen atoms in total. The first-order valence-corrected chi connectivity index (χ1v) is 8.83. The summed E-state index contributed by atoms with van der Waals surface area (Å²) in [6, 6.07) is 17.6. The van der Waals surface area contributed by atoms with E-state index in [1.165, 1.54) is 19.1 Å². The van der Waals surface area contributed by atoms with Gasteiger partial charge in [0.15, 0.2) is 5.78 Å². The van der Waals surface area contributed by atoms with Gasteiger partial charge in [0.25, 0.3) is 0 Å². The molecule has 6 heteroatoms. The Morgan fingerprint density at radius 1 is 0.958 bits per heavy atom. The van der Waals surface area contributed by atoms with Gasteiger partial charge in [0.2, 0.25) is 10.0 Å². The molecule has 0 spiro atoms. The molecule has 122 valence electrons. The van der Waals surface area contributed by atoms with Gasteiger partial charge in [-0.05, 0) is 61.0 Å². The number of Topliss-reactive ketones (excluding diaryl/α,β-unsaturated/α-hetero) is 1. The largest absolute Gasteiger partial charge is 0.317 e. The zero-order valence-corrected chi connectivity index (χ0v) is 13.8. The number of hydrogen-bond acceptors (Lipinski definition) is 3. The summed E-state index contributed by atoms with van der Waals surface area (Å²) in [5, 5.41) is 5.12. The predicted octanol–water partition coefficient (Wildman–Crippen LogP) is 2.99. The van der Waals surface area contributed by atoms with E-state index in [4.69, 9.17) is 5.14 Å². The van der Waals surface area contributed by atoms with E-state index < -0.39 is 10.0 Å². The fourth-order valence-corrected chi connectivity index (χ4v) is 3.03. The fraction of sp³-hybridized carbons (Fsp3) is 0.0556. The molecule has 24 heavy (non-hydrogen) atoms. The summed E-state index contributed by atoms with van der Waals surface area (Å²) in [7, 11) is -3.70. The highest BCUT2D eigenvalue weighted by molar-refractivity contribution is 7.89. The molecule has 0 aliphatic rings. The Hall–Kier alpha value is -2.70. The molecule has 0 fully saturated rings. The number of ketones is 1. The minimum atomic E-state index is -3.70. The lowest BCUT2D eigenvalue weighted by Gasteiger charge is -2.10. The Bertz CT molecular complexity index is 986. The van der Waals surface area contributed by atoms with Crippen LogP contribution >= 0.6 is 0 Å². The third-order valence-electron chi connectivity index (χ3n) is 3.78. The average molecular weight is 340 g/mol. The van der Waals surface area contributed by atoms with E-state index in [-0.39, 0.29) is 10.7 Å². The maximum Gasteiger partial charge on any atom is 0.238 e. The minimum absolute atomic E-state index is 0.0212. The van der Waals surface area contributed by atoms with Crippen molar-refractivity contribution >= 4 is 15.8 Å². The first-order chi connectivity index (χ1) is 11.4. The highest BCUT2D eigenvalue weighted by Gasteiger charge is 2.10. The number of primary sulfonamides is 1. The van der Waals surface area contributed by atoms with Crippen molar-refractivity contribution in [2.75, 3.05) is 0 Å². The van der Waals surface area contributed by atoms with Gasteiger partial charge in [-0.25, -0.2) is 13.6 Å². The van der Waals surface area contributed by atoms with E-state index in [2.05, 4.69) is 0 Å². The van der Waals surface area contributed by atoms with Gasteiger partial charge in [-0.2, -0.15) is 0 Å². The fourth-order valence-electron chi connectivity index (χ4n) is 2.51. The average Bonchev–Trinajstić information content (AvgIpc) is 3.04. The molecular weight excluding hydrogens is 324 g/mol. The molecule has 3 aromatic rings. The molecule has 2 N–H and O–H groups in total. The topological polar surface area (TPSA) is 82.2 Å². The van der Waals surface area contributed by atoms with Gasteiger partial charge in [-0.3, -0.25) is 4.79 Å². The van der Waals surface area contributed by atoms with Crippen LogP contribution in [0.1, 0.15) is 17.3 Å². The van der Waals surface area contributed by atoms with Gasteiger partial charge in [-0.15, -0.1) is 0 Å². The Morgan fingerprint density at radius 3 is 2.12 bits per heavy atom. The number of hydrogen-bond donors (Lipinski definition) is 1. The highest BCUT2D eigenvalue weighted by Crippen LogP contribution is 2.25. The first kappa shape index (κ1) is 16.2. The van der Waals surface area contributed by atoms with Crippen molar-refractivity contribution in [2.45, 2.75) is 11.8 Å². The van der Waals surface area contributed by atoms with Crippen LogP contribution < -0.4 is 5.14 Å². The molecular formula is C18H16N2O3S. The molecule has 0 atom stereocenters. The van der Waals surface area contributed by atoms with Crippen LogP contribution in [0, 0.1) is 0 Å². The van der Waals surface area contributed by atoms with Crippen molar-refractivity contribution in [3.63, 3.8) is 0 Å². The Kier molecular flexibility index (Phi) is 4.09. The lowest BCUT2D eigenvalue weighted by Crippen LogP contribution is -2.11. The number of carbonyl (C=O) groups is 1. The highest BCUT2D eigenvalue weighted by atomic mass is 32.2. The van der Waals surface area contributed by atoms with E-state index in [0.29, 0.717) is 5.56 Å². The number of sulfonamides is 1. The molecule has 1 aromatic heterocycles. The number of nitrogens with two attached hydrogens (primary N) is 1. The summed E-state index contributed by atoms with van der Waals surface area (Å²) in [5.41, 5.74) is 3.34. The summed E-state index contributed by atoms with van der Waals surface area (Å²) in [4.78, 5) is 11.5. The van der Waals surface area contributed by atoms with Crippen molar-refractivity contribution in [3.05, 3.63) is 72.4 Å². The zero-order chi connectivity index (χ0) is 17.3. The molecule has 0 aliphatic heterocycles. The van der Waals surface area contributed by atoms with Gasteiger partial charge in [-0.1, -0.05) is 12.1 Å². The van der Waals surface area contributed by atoms with Crippen LogP contribution in [-0.2, 0) is 10.0 Å². The van der Waals surface area contributed by atoms with Crippen LogP contribution in [0.3, 0.4) is 0 Å². The SMILES string of the molecule is CC(=O)c1ccc(-n2cccc2-c2ccc(S(N)(=O)=O)cc2)cc1. The van der Waals surface area contributed by atoms with Crippen LogP contribution in [0.4, 0.5) is 0 Å². The minimum Gasteiger partial charge on any atom is -0.317 e. The second-order valence-corrected chi connectivity index (χ2v) is 7.00. The van der Waals surface area contributed by atoms with Crippen LogP contribution in [0.2, 0.25) is 0 Å². The quantitative estimate of drug-likeness (QED) is 0.741. The standard InChI is InChI=1S/C18H16N2O3S/c1-13(21)14-4-8-16(9-5-14)20-12-2-3-18(20)15-6-10-17(11-7-15)24(19,22)23/h2-12H,1H3,(H2,19,22,23). The summed E-state index contributed by atoms with van der Waals surface area (Å²) in [6.45, 7) is 1.53. The molecule has 0 bridgehead atoms. The second-order valence-electron chi connectivity index (χ2n) is 5.44. The lowest BCUT2D eigenvalue weighted by atomic mass is 10.1. The number of rotatable bonds is 4. The van der Waals surface area contributed by atoms with Gasteiger partial charge in [0.05, 0.1) is 10.6 Å². The second kappa shape index (κ2) is 6.07. The smallest absolute Gasteiger partial charge is 0.238 e. The number of benzene rings is 2. The van der Waals surface area contributed by atoms with Crippen molar-refractivity contribution < 1.29 is 13.2 Å².